The number of hydrogen-bond donors (Lipinski definition) is 0. The van der Waals surface area contributed by atoms with Gasteiger partial charge in [0.25, 0.3) is 5.56 Å². The predicted octanol–water partition coefficient (Wildman–Crippen LogP) is 3.74. The Labute approximate surface area is 175 Å². The van der Waals surface area contributed by atoms with E-state index in [1.54, 1.807) is 48.3 Å². The molecule has 8 heteroatoms. The van der Waals surface area contributed by atoms with E-state index in [-0.39, 0.29) is 18.0 Å². The van der Waals surface area contributed by atoms with Crippen molar-refractivity contribution >= 4 is 44.3 Å². The SMILES string of the molecule is CN(CCCOc1ccc(Cl)cc1)C(=O)Cn1cnc2ccc(Br)cc2c1=O. The van der Waals surface area contributed by atoms with Gasteiger partial charge in [-0.1, -0.05) is 27.5 Å². The molecule has 0 aliphatic carbocycles. The number of hydrogen-bond acceptors (Lipinski definition) is 4. The van der Waals surface area contributed by atoms with Gasteiger partial charge in [0.1, 0.15) is 12.3 Å². The fourth-order valence-corrected chi connectivity index (χ4v) is 3.14. The van der Waals surface area contributed by atoms with E-state index in [1.165, 1.54) is 10.9 Å². The summed E-state index contributed by atoms with van der Waals surface area (Å²) >= 11 is 9.19. The number of likely N-dealkylation sites (N-methyl/N-ethyl adjacent to an activating group) is 1. The Morgan fingerprint density at radius 3 is 2.75 bits per heavy atom. The van der Waals surface area contributed by atoms with Crippen molar-refractivity contribution in [2.45, 2.75) is 13.0 Å². The first kappa shape index (κ1) is 20.4. The molecule has 0 atom stereocenters. The molecule has 0 aliphatic heterocycles. The van der Waals surface area contributed by atoms with Gasteiger partial charge in [-0.15, -0.1) is 0 Å². The largest absolute Gasteiger partial charge is 0.494 e. The summed E-state index contributed by atoms with van der Waals surface area (Å²) in [6.07, 6.45) is 2.08. The maximum atomic E-state index is 12.6. The number of carbonyl (C=O) groups is 1. The summed E-state index contributed by atoms with van der Waals surface area (Å²) in [4.78, 5) is 30.9. The molecule has 0 bridgehead atoms. The van der Waals surface area contributed by atoms with Gasteiger partial charge < -0.3 is 9.64 Å². The van der Waals surface area contributed by atoms with E-state index in [9.17, 15) is 9.59 Å². The van der Waals surface area contributed by atoms with Crippen LogP contribution in [0.3, 0.4) is 0 Å². The minimum Gasteiger partial charge on any atom is -0.494 e. The number of nitrogens with zero attached hydrogens (tertiary/aromatic N) is 3. The van der Waals surface area contributed by atoms with Crippen molar-refractivity contribution in [1.29, 1.82) is 0 Å². The molecule has 146 valence electrons. The highest BCUT2D eigenvalue weighted by molar-refractivity contribution is 9.10. The lowest BCUT2D eigenvalue weighted by atomic mass is 10.2. The van der Waals surface area contributed by atoms with Crippen LogP contribution in [0, 0.1) is 0 Å². The Balaban J connectivity index is 1.54. The van der Waals surface area contributed by atoms with Crippen LogP contribution in [0.25, 0.3) is 10.9 Å². The second kappa shape index (κ2) is 9.21. The molecule has 3 rings (SSSR count). The molecule has 0 saturated carbocycles. The Bertz CT molecular complexity index is 1040. The molecule has 1 amide bonds. The molecule has 1 aromatic heterocycles. The molecule has 3 aromatic rings. The summed E-state index contributed by atoms with van der Waals surface area (Å²) in [5.74, 6) is 0.572. The van der Waals surface area contributed by atoms with Crippen LogP contribution in [0.15, 0.2) is 58.1 Å². The summed E-state index contributed by atoms with van der Waals surface area (Å²) in [5, 5.41) is 1.13. The lowest BCUT2D eigenvalue weighted by molar-refractivity contribution is -0.130. The number of aromatic nitrogens is 2. The number of fused-ring (bicyclic) bond motifs is 1. The van der Waals surface area contributed by atoms with Crippen LogP contribution in [0.4, 0.5) is 0 Å². The van der Waals surface area contributed by atoms with Crippen LogP contribution in [-0.2, 0) is 11.3 Å². The Morgan fingerprint density at radius 2 is 2.00 bits per heavy atom. The number of carbonyl (C=O) groups excluding carboxylic acids is 1. The maximum absolute atomic E-state index is 12.6. The Hall–Kier alpha value is -2.38. The first-order chi connectivity index (χ1) is 13.4. The molecule has 0 spiro atoms. The van der Waals surface area contributed by atoms with Crippen LogP contribution in [0.1, 0.15) is 6.42 Å². The van der Waals surface area contributed by atoms with E-state index < -0.39 is 0 Å². The smallest absolute Gasteiger partial charge is 0.261 e. The van der Waals surface area contributed by atoms with E-state index in [2.05, 4.69) is 20.9 Å². The molecule has 0 unspecified atom stereocenters. The van der Waals surface area contributed by atoms with Crippen LogP contribution < -0.4 is 10.3 Å². The predicted molar refractivity (Wildman–Crippen MR) is 113 cm³/mol. The fourth-order valence-electron chi connectivity index (χ4n) is 2.66. The molecule has 6 nitrogen and oxygen atoms in total. The van der Waals surface area contributed by atoms with Gasteiger partial charge in [0.15, 0.2) is 0 Å². The fraction of sp³-hybridized carbons (Fsp3) is 0.250. The molecule has 0 aliphatic rings. The van der Waals surface area contributed by atoms with Gasteiger partial charge in [-0.3, -0.25) is 14.2 Å². The molecular formula is C20H19BrClN3O3. The molecular weight excluding hydrogens is 446 g/mol. The topological polar surface area (TPSA) is 64.4 Å². The summed E-state index contributed by atoms with van der Waals surface area (Å²) in [7, 11) is 1.71. The van der Waals surface area contributed by atoms with E-state index >= 15 is 0 Å². The number of benzene rings is 2. The summed E-state index contributed by atoms with van der Waals surface area (Å²) in [6, 6.07) is 12.4. The highest BCUT2D eigenvalue weighted by atomic mass is 79.9. The first-order valence-corrected chi connectivity index (χ1v) is 9.88. The van der Waals surface area contributed by atoms with Crippen molar-refractivity contribution in [2.24, 2.45) is 0 Å². The Morgan fingerprint density at radius 1 is 1.25 bits per heavy atom. The van der Waals surface area contributed by atoms with Gasteiger partial charge in [0, 0.05) is 23.1 Å². The molecule has 28 heavy (non-hydrogen) atoms. The van der Waals surface area contributed by atoms with Gasteiger partial charge in [-0.05, 0) is 48.9 Å². The van der Waals surface area contributed by atoms with Gasteiger partial charge in [-0.2, -0.15) is 0 Å². The second-order valence-corrected chi connectivity index (χ2v) is 7.66. The first-order valence-electron chi connectivity index (χ1n) is 8.71. The van der Waals surface area contributed by atoms with E-state index in [0.29, 0.717) is 35.5 Å². The van der Waals surface area contributed by atoms with Crippen LogP contribution in [0.2, 0.25) is 5.02 Å². The third kappa shape index (κ3) is 5.11. The maximum Gasteiger partial charge on any atom is 0.261 e. The quantitative estimate of drug-likeness (QED) is 0.500. The minimum absolute atomic E-state index is 0.0527. The monoisotopic (exact) mass is 463 g/mol. The normalized spacial score (nSPS) is 10.8. The third-order valence-corrected chi connectivity index (χ3v) is 4.98. The molecule has 2 aromatic carbocycles. The summed E-state index contributed by atoms with van der Waals surface area (Å²) in [5.41, 5.74) is 0.365. The van der Waals surface area contributed by atoms with Crippen molar-refractivity contribution in [1.82, 2.24) is 14.5 Å². The highest BCUT2D eigenvalue weighted by Gasteiger charge is 2.12. The zero-order valence-electron chi connectivity index (χ0n) is 15.3. The van der Waals surface area contributed by atoms with Crippen LogP contribution >= 0.6 is 27.5 Å². The van der Waals surface area contributed by atoms with E-state index in [0.717, 1.165) is 10.2 Å². The lowest BCUT2D eigenvalue weighted by Gasteiger charge is -2.18. The standard InChI is InChI=1S/C20H19BrClN3O3/c1-24(9-2-10-28-16-6-4-15(22)5-7-16)19(26)12-25-13-23-18-8-3-14(21)11-17(18)20(25)27/h3-8,11,13H,2,9-10,12H2,1H3. The van der Waals surface area contributed by atoms with E-state index in [4.69, 9.17) is 16.3 Å². The average Bonchev–Trinajstić information content (AvgIpc) is 2.69. The molecule has 0 N–H and O–H groups in total. The van der Waals surface area contributed by atoms with Gasteiger partial charge in [-0.25, -0.2) is 4.98 Å². The third-order valence-electron chi connectivity index (χ3n) is 4.24. The highest BCUT2D eigenvalue weighted by Crippen LogP contribution is 2.16. The van der Waals surface area contributed by atoms with Crippen molar-refractivity contribution in [3.63, 3.8) is 0 Å². The van der Waals surface area contributed by atoms with Gasteiger partial charge in [0.2, 0.25) is 5.91 Å². The second-order valence-electron chi connectivity index (χ2n) is 6.31. The van der Waals surface area contributed by atoms with Crippen LogP contribution in [0.5, 0.6) is 5.75 Å². The van der Waals surface area contributed by atoms with Crippen LogP contribution in [-0.4, -0.2) is 40.6 Å². The molecule has 0 radical (unpaired) electrons. The van der Waals surface area contributed by atoms with Crippen molar-refractivity contribution in [2.75, 3.05) is 20.2 Å². The number of halogens is 2. The summed E-state index contributed by atoms with van der Waals surface area (Å²) < 4.78 is 7.75. The van der Waals surface area contributed by atoms with E-state index in [1.807, 2.05) is 6.07 Å². The van der Waals surface area contributed by atoms with Gasteiger partial charge in [0.05, 0.1) is 23.8 Å². The van der Waals surface area contributed by atoms with Crippen molar-refractivity contribution in [3.8, 4) is 5.75 Å². The molecule has 0 saturated heterocycles. The van der Waals surface area contributed by atoms with Crippen molar-refractivity contribution < 1.29 is 9.53 Å². The van der Waals surface area contributed by atoms with Gasteiger partial charge >= 0.3 is 0 Å². The molecule has 0 fully saturated rings. The zero-order valence-corrected chi connectivity index (χ0v) is 17.6. The number of ether oxygens (including phenoxy) is 1. The lowest BCUT2D eigenvalue weighted by Crippen LogP contribution is -2.35. The minimum atomic E-state index is -0.237. The van der Waals surface area contributed by atoms with Crippen molar-refractivity contribution in [3.05, 3.63) is 68.6 Å². The summed E-state index contributed by atoms with van der Waals surface area (Å²) in [6.45, 7) is 0.946. The Kier molecular flexibility index (Phi) is 6.70. The number of rotatable bonds is 7. The zero-order chi connectivity index (χ0) is 20.1. The average molecular weight is 465 g/mol. The molecule has 1 heterocycles. The number of amides is 1.